The molecule has 0 radical (unpaired) electrons. The zero-order valence-corrected chi connectivity index (χ0v) is 10.2. The van der Waals surface area contributed by atoms with E-state index < -0.39 is 0 Å². The third-order valence-corrected chi connectivity index (χ3v) is 2.22. The molecule has 0 amide bonds. The third-order valence-electron chi connectivity index (χ3n) is 2.22. The summed E-state index contributed by atoms with van der Waals surface area (Å²) in [5.41, 5.74) is 1.02. The Kier molecular flexibility index (Phi) is 5.38. The fraction of sp³-hybridized carbons (Fsp3) is 0.143. The van der Waals surface area contributed by atoms with Crippen LogP contribution in [-0.4, -0.2) is 18.1 Å². The molecular formula is C14H15NO3. The molecule has 4 nitrogen and oxygen atoms in total. The molecule has 0 spiro atoms. The predicted octanol–water partition coefficient (Wildman–Crippen LogP) is 2.78. The molecule has 0 fully saturated rings. The van der Waals surface area contributed by atoms with Gasteiger partial charge in [-0.15, -0.1) is 0 Å². The maximum atomic E-state index is 10.9. The molecule has 1 N–H and O–H groups in total. The van der Waals surface area contributed by atoms with Crippen LogP contribution in [0.1, 0.15) is 12.5 Å². The topological polar surface area (TPSA) is 58.9 Å². The van der Waals surface area contributed by atoms with E-state index >= 15 is 0 Å². The summed E-state index contributed by atoms with van der Waals surface area (Å²) in [5.74, 6) is 0.0804. The first-order valence-electron chi connectivity index (χ1n) is 5.37. The maximum Gasteiger partial charge on any atom is 0.157 e. The second-order valence-corrected chi connectivity index (χ2v) is 3.57. The number of benzene rings is 1. The first-order chi connectivity index (χ1) is 8.69. The number of carbonyl (C=O) groups is 1. The fourth-order valence-corrected chi connectivity index (χ4v) is 1.32. The molecule has 1 rings (SSSR count). The lowest BCUT2D eigenvalue weighted by Crippen LogP contribution is -2.01. The third kappa shape index (κ3) is 3.90. The van der Waals surface area contributed by atoms with Gasteiger partial charge in [0.15, 0.2) is 12.0 Å². The number of hydrogen-bond donors (Lipinski definition) is 1. The normalized spacial score (nSPS) is 12.6. The van der Waals surface area contributed by atoms with E-state index in [9.17, 15) is 9.90 Å². The number of allylic oxidation sites excluding steroid dienone is 2. The summed E-state index contributed by atoms with van der Waals surface area (Å²) in [6, 6.07) is 9.48. The van der Waals surface area contributed by atoms with Crippen LogP contribution in [0, 0.1) is 0 Å². The van der Waals surface area contributed by atoms with Crippen molar-refractivity contribution in [2.75, 3.05) is 0 Å². The van der Waals surface area contributed by atoms with Crippen LogP contribution in [0.15, 0.2) is 58.6 Å². The van der Waals surface area contributed by atoms with Crippen LogP contribution < -0.4 is 0 Å². The summed E-state index contributed by atoms with van der Waals surface area (Å²) in [7, 11) is 0. The maximum absolute atomic E-state index is 10.9. The van der Waals surface area contributed by atoms with Crippen LogP contribution in [0.4, 0.5) is 0 Å². The Morgan fingerprint density at radius 1 is 1.44 bits per heavy atom. The molecular weight excluding hydrogens is 230 g/mol. The minimum absolute atomic E-state index is 0.0679. The number of aliphatic hydroxyl groups is 1. The minimum atomic E-state index is -0.118. The highest BCUT2D eigenvalue weighted by Gasteiger charge is 2.09. The zero-order chi connectivity index (χ0) is 13.4. The van der Waals surface area contributed by atoms with Gasteiger partial charge in [0, 0.05) is 0 Å². The van der Waals surface area contributed by atoms with Crippen molar-refractivity contribution in [2.45, 2.75) is 13.5 Å². The fourth-order valence-electron chi connectivity index (χ4n) is 1.32. The molecule has 0 aromatic heterocycles. The number of aliphatic hydroxyl groups excluding tert-OH is 1. The molecule has 0 saturated carbocycles. The van der Waals surface area contributed by atoms with Crippen LogP contribution >= 0.6 is 0 Å². The average Bonchev–Trinajstić information content (AvgIpc) is 2.37. The summed E-state index contributed by atoms with van der Waals surface area (Å²) in [4.78, 5) is 14.4. The second-order valence-electron chi connectivity index (χ2n) is 3.57. The van der Waals surface area contributed by atoms with Crippen LogP contribution in [0.3, 0.4) is 0 Å². The van der Waals surface area contributed by atoms with Crippen molar-refractivity contribution in [1.82, 2.24) is 0 Å². The molecule has 0 aliphatic rings. The molecule has 0 aliphatic heterocycles. The Morgan fingerprint density at radius 2 is 2.11 bits per heavy atom. The molecule has 0 unspecified atom stereocenters. The Labute approximate surface area is 106 Å². The highest BCUT2D eigenvalue weighted by atomic mass is 16.5. The first kappa shape index (κ1) is 13.7. The summed E-state index contributed by atoms with van der Waals surface area (Å²) in [5, 5.41) is 9.37. The molecule has 0 aliphatic carbocycles. The summed E-state index contributed by atoms with van der Waals surface area (Å²) < 4.78 is 5.46. The molecule has 1 aromatic rings. The van der Waals surface area contributed by atoms with Gasteiger partial charge < -0.3 is 9.84 Å². The van der Waals surface area contributed by atoms with Crippen LogP contribution in [0.25, 0.3) is 0 Å². The van der Waals surface area contributed by atoms with Crippen molar-refractivity contribution in [2.24, 2.45) is 4.99 Å². The van der Waals surface area contributed by atoms with Gasteiger partial charge in [-0.05, 0) is 19.2 Å². The number of nitrogens with zero attached hydrogens (tertiary/aromatic N) is 1. The van der Waals surface area contributed by atoms with E-state index in [2.05, 4.69) is 11.7 Å². The molecule has 0 heterocycles. The largest absolute Gasteiger partial charge is 0.512 e. The Morgan fingerprint density at radius 3 is 2.61 bits per heavy atom. The number of hydrogen-bond acceptors (Lipinski definition) is 4. The first-order valence-corrected chi connectivity index (χ1v) is 5.37. The Hall–Kier alpha value is -2.36. The van der Waals surface area contributed by atoms with E-state index in [0.717, 1.165) is 5.56 Å². The van der Waals surface area contributed by atoms with E-state index in [1.54, 1.807) is 0 Å². The summed E-state index contributed by atoms with van der Waals surface area (Å²) in [6.45, 7) is 5.00. The van der Waals surface area contributed by atoms with Crippen LogP contribution in [-0.2, 0) is 16.1 Å². The van der Waals surface area contributed by atoms with Gasteiger partial charge in [0.05, 0.1) is 11.8 Å². The lowest BCUT2D eigenvalue weighted by atomic mass is 10.2. The smallest absolute Gasteiger partial charge is 0.157 e. The number of rotatable bonds is 6. The van der Waals surface area contributed by atoms with Crippen molar-refractivity contribution in [3.05, 3.63) is 59.2 Å². The van der Waals surface area contributed by atoms with Crippen LogP contribution in [0.2, 0.25) is 0 Å². The van der Waals surface area contributed by atoms with E-state index in [0.29, 0.717) is 6.29 Å². The van der Waals surface area contributed by atoms with Crippen molar-refractivity contribution in [1.29, 1.82) is 0 Å². The van der Waals surface area contributed by atoms with E-state index in [4.69, 9.17) is 4.74 Å². The predicted molar refractivity (Wildman–Crippen MR) is 70.3 cm³/mol. The molecule has 4 heteroatoms. The summed E-state index contributed by atoms with van der Waals surface area (Å²) >= 11 is 0. The number of aliphatic imine (C=N–C) groups is 1. The standard InChI is InChI=1S/C14H15NO3/c1-11(17)13(9-16)14(8-15-2)18-10-12-6-4-3-5-7-12/h3-9,17H,2,10H2,1H3/b13-11+,14-8+. The van der Waals surface area contributed by atoms with Gasteiger partial charge >= 0.3 is 0 Å². The van der Waals surface area contributed by atoms with Gasteiger partial charge in [0.2, 0.25) is 0 Å². The quantitative estimate of drug-likeness (QED) is 0.275. The monoisotopic (exact) mass is 245 g/mol. The van der Waals surface area contributed by atoms with Crippen molar-refractivity contribution in [3.63, 3.8) is 0 Å². The van der Waals surface area contributed by atoms with E-state index in [1.807, 2.05) is 30.3 Å². The molecule has 0 atom stereocenters. The van der Waals surface area contributed by atoms with Crippen molar-refractivity contribution >= 4 is 13.0 Å². The number of carbonyl (C=O) groups excluding carboxylic acids is 1. The molecule has 94 valence electrons. The van der Waals surface area contributed by atoms with Gasteiger partial charge in [-0.2, -0.15) is 0 Å². The zero-order valence-electron chi connectivity index (χ0n) is 10.2. The highest BCUT2D eigenvalue weighted by Crippen LogP contribution is 2.15. The van der Waals surface area contributed by atoms with Crippen molar-refractivity contribution in [3.8, 4) is 0 Å². The Bertz CT molecular complexity index is 471. The number of aldehydes is 1. The molecule has 0 bridgehead atoms. The van der Waals surface area contributed by atoms with Crippen LogP contribution in [0.5, 0.6) is 0 Å². The van der Waals surface area contributed by atoms with Gasteiger partial charge in [-0.25, -0.2) is 0 Å². The lowest BCUT2D eigenvalue weighted by Gasteiger charge is -2.10. The SMILES string of the molecule is C=N/C=C(OCc1ccccc1)\C(C=O)=C(/C)O. The highest BCUT2D eigenvalue weighted by molar-refractivity contribution is 5.79. The molecule has 1 aromatic carbocycles. The van der Waals surface area contributed by atoms with E-state index in [-0.39, 0.29) is 23.7 Å². The molecule has 18 heavy (non-hydrogen) atoms. The minimum Gasteiger partial charge on any atom is -0.512 e. The van der Waals surface area contributed by atoms with E-state index in [1.165, 1.54) is 13.1 Å². The average molecular weight is 245 g/mol. The summed E-state index contributed by atoms with van der Waals surface area (Å²) in [6.07, 6.45) is 1.82. The van der Waals surface area contributed by atoms with Gasteiger partial charge in [0.1, 0.15) is 12.4 Å². The lowest BCUT2D eigenvalue weighted by molar-refractivity contribution is -0.105. The molecule has 0 saturated heterocycles. The Balaban J connectivity index is 2.83. The number of ether oxygens (including phenoxy) is 1. The van der Waals surface area contributed by atoms with Gasteiger partial charge in [-0.1, -0.05) is 30.3 Å². The second kappa shape index (κ2) is 7.06. The van der Waals surface area contributed by atoms with Gasteiger partial charge in [-0.3, -0.25) is 9.79 Å². The van der Waals surface area contributed by atoms with Crippen molar-refractivity contribution < 1.29 is 14.6 Å². The van der Waals surface area contributed by atoms with Gasteiger partial charge in [0.25, 0.3) is 0 Å².